The number of nitrogens with zero attached hydrogens (tertiary/aromatic N) is 1. The third-order valence-electron chi connectivity index (χ3n) is 1.80. The molecule has 0 fully saturated rings. The third kappa shape index (κ3) is 1.02. The van der Waals surface area contributed by atoms with E-state index in [0.29, 0.717) is 0 Å². The predicted molar refractivity (Wildman–Crippen MR) is 47.9 cm³/mol. The van der Waals surface area contributed by atoms with Crippen molar-refractivity contribution in [1.82, 2.24) is 4.09 Å². The second-order valence-corrected chi connectivity index (χ2v) is 3.05. The van der Waals surface area contributed by atoms with Crippen LogP contribution in [-0.2, 0) is 0 Å². The van der Waals surface area contributed by atoms with Crippen molar-refractivity contribution < 1.29 is 0 Å². The molecule has 1 aromatic carbocycles. The summed E-state index contributed by atoms with van der Waals surface area (Å²) in [5.74, 6) is 0. The van der Waals surface area contributed by atoms with Crippen LogP contribution in [0.1, 0.15) is 5.56 Å². The highest BCUT2D eigenvalue weighted by atomic mass is 35.5. The number of aromatic nitrogens is 1. The molecule has 0 N–H and O–H groups in total. The number of aryl methyl sites for hydroxylation is 1. The number of fused-ring (bicyclic) bond motifs is 1. The summed E-state index contributed by atoms with van der Waals surface area (Å²) in [5.41, 5.74) is 2.31. The Kier molecular flexibility index (Phi) is 1.40. The number of benzene rings is 1. The van der Waals surface area contributed by atoms with E-state index in [-0.39, 0.29) is 0 Å². The molecule has 0 radical (unpaired) electrons. The largest absolute Gasteiger partial charge is 0.260 e. The van der Waals surface area contributed by atoms with Crippen molar-refractivity contribution in [3.8, 4) is 0 Å². The van der Waals surface area contributed by atoms with Gasteiger partial charge in [0.05, 0.1) is 5.52 Å². The molecule has 2 aromatic rings. The Morgan fingerprint density at radius 1 is 1.27 bits per heavy atom. The Bertz CT molecular complexity index is 389. The number of halogens is 1. The second kappa shape index (κ2) is 2.28. The average Bonchev–Trinajstić information content (AvgIpc) is 2.33. The molecule has 2 rings (SSSR count). The molecule has 11 heavy (non-hydrogen) atoms. The first-order valence-electron chi connectivity index (χ1n) is 3.51. The molecule has 1 heterocycles. The Labute approximate surface area is 70.3 Å². The standard InChI is InChI=1S/C9H8ClN/c1-7-2-3-8-4-5-11(10)9(8)6-7/h2-6H,1H3. The van der Waals surface area contributed by atoms with Crippen molar-refractivity contribution in [2.24, 2.45) is 0 Å². The summed E-state index contributed by atoms with van der Waals surface area (Å²) in [7, 11) is 0. The van der Waals surface area contributed by atoms with E-state index in [1.807, 2.05) is 12.3 Å². The van der Waals surface area contributed by atoms with E-state index in [0.717, 1.165) is 5.52 Å². The minimum absolute atomic E-state index is 1.08. The van der Waals surface area contributed by atoms with Crippen LogP contribution in [0.5, 0.6) is 0 Å². The van der Waals surface area contributed by atoms with Crippen molar-refractivity contribution in [3.05, 3.63) is 36.0 Å². The predicted octanol–water partition coefficient (Wildman–Crippen LogP) is 2.95. The average molecular weight is 166 g/mol. The van der Waals surface area contributed by atoms with E-state index in [4.69, 9.17) is 11.8 Å². The van der Waals surface area contributed by atoms with Crippen molar-refractivity contribution in [2.75, 3.05) is 0 Å². The van der Waals surface area contributed by atoms with Crippen LogP contribution < -0.4 is 0 Å². The Morgan fingerprint density at radius 2 is 2.09 bits per heavy atom. The normalized spacial score (nSPS) is 10.7. The van der Waals surface area contributed by atoms with Gasteiger partial charge in [0.2, 0.25) is 0 Å². The summed E-state index contributed by atoms with van der Waals surface area (Å²) >= 11 is 5.86. The molecule has 0 amide bonds. The maximum absolute atomic E-state index is 5.86. The molecule has 0 atom stereocenters. The molecule has 1 aromatic heterocycles. The van der Waals surface area contributed by atoms with Crippen LogP contribution in [0.25, 0.3) is 10.9 Å². The Morgan fingerprint density at radius 3 is 2.91 bits per heavy atom. The summed E-state index contributed by atoms with van der Waals surface area (Å²) < 4.78 is 1.61. The lowest BCUT2D eigenvalue weighted by Gasteiger charge is -1.94. The summed E-state index contributed by atoms with van der Waals surface area (Å²) in [5, 5.41) is 1.19. The topological polar surface area (TPSA) is 4.93 Å². The van der Waals surface area contributed by atoms with Crippen molar-refractivity contribution >= 4 is 22.7 Å². The monoisotopic (exact) mass is 165 g/mol. The highest BCUT2D eigenvalue weighted by Gasteiger charge is 1.97. The molecular formula is C9H8ClN. The summed E-state index contributed by atoms with van der Waals surface area (Å²) in [6.07, 6.45) is 1.85. The SMILES string of the molecule is Cc1ccc2ccn(Cl)c2c1. The van der Waals surface area contributed by atoms with Crippen LogP contribution in [0.15, 0.2) is 30.5 Å². The zero-order valence-electron chi connectivity index (χ0n) is 6.21. The molecular weight excluding hydrogens is 158 g/mol. The minimum Gasteiger partial charge on any atom is -0.260 e. The zero-order chi connectivity index (χ0) is 7.84. The van der Waals surface area contributed by atoms with Crippen LogP contribution in [0.3, 0.4) is 0 Å². The fraction of sp³-hybridized carbons (Fsp3) is 0.111. The number of rotatable bonds is 0. The Hall–Kier alpha value is -0.950. The maximum atomic E-state index is 5.86. The van der Waals surface area contributed by atoms with Crippen molar-refractivity contribution in [1.29, 1.82) is 0 Å². The van der Waals surface area contributed by atoms with Gasteiger partial charge in [-0.15, -0.1) is 0 Å². The molecule has 0 saturated heterocycles. The van der Waals surface area contributed by atoms with E-state index in [2.05, 4.69) is 25.1 Å². The van der Waals surface area contributed by atoms with E-state index in [9.17, 15) is 0 Å². The van der Waals surface area contributed by atoms with Crippen LogP contribution in [-0.4, -0.2) is 4.09 Å². The van der Waals surface area contributed by atoms with Crippen molar-refractivity contribution in [2.45, 2.75) is 6.92 Å². The molecule has 1 nitrogen and oxygen atoms in total. The van der Waals surface area contributed by atoms with Gasteiger partial charge >= 0.3 is 0 Å². The van der Waals surface area contributed by atoms with E-state index in [1.54, 1.807) is 4.09 Å². The second-order valence-electron chi connectivity index (χ2n) is 2.69. The first-order valence-corrected chi connectivity index (χ1v) is 3.85. The van der Waals surface area contributed by atoms with E-state index >= 15 is 0 Å². The van der Waals surface area contributed by atoms with Crippen LogP contribution in [0.4, 0.5) is 0 Å². The summed E-state index contributed by atoms with van der Waals surface area (Å²) in [6.45, 7) is 2.06. The molecule has 2 heteroatoms. The molecule has 0 aliphatic carbocycles. The lowest BCUT2D eigenvalue weighted by atomic mass is 10.2. The zero-order valence-corrected chi connectivity index (χ0v) is 6.97. The minimum atomic E-state index is 1.08. The third-order valence-corrected chi connectivity index (χ3v) is 2.10. The smallest absolute Gasteiger partial charge is 0.0649 e. The fourth-order valence-electron chi connectivity index (χ4n) is 1.21. The van der Waals surface area contributed by atoms with Gasteiger partial charge in [0.1, 0.15) is 0 Å². The quantitative estimate of drug-likeness (QED) is 0.566. The fourth-order valence-corrected chi connectivity index (χ4v) is 1.41. The first kappa shape index (κ1) is 6.74. The summed E-state index contributed by atoms with van der Waals surface area (Å²) in [6, 6.07) is 8.23. The number of hydrogen-bond donors (Lipinski definition) is 0. The number of hydrogen-bond acceptors (Lipinski definition) is 0. The van der Waals surface area contributed by atoms with Gasteiger partial charge in [-0.2, -0.15) is 0 Å². The van der Waals surface area contributed by atoms with Gasteiger partial charge in [0.25, 0.3) is 0 Å². The van der Waals surface area contributed by atoms with Crippen LogP contribution in [0, 0.1) is 6.92 Å². The van der Waals surface area contributed by atoms with Gasteiger partial charge in [-0.05, 0) is 24.6 Å². The molecule has 0 aliphatic heterocycles. The van der Waals surface area contributed by atoms with E-state index < -0.39 is 0 Å². The lowest BCUT2D eigenvalue weighted by molar-refractivity contribution is 1.32. The molecule has 0 unspecified atom stereocenters. The maximum Gasteiger partial charge on any atom is 0.0649 e. The first-order chi connectivity index (χ1) is 5.27. The molecule has 0 bridgehead atoms. The van der Waals surface area contributed by atoms with Crippen molar-refractivity contribution in [3.63, 3.8) is 0 Å². The van der Waals surface area contributed by atoms with E-state index in [1.165, 1.54) is 10.9 Å². The molecule has 56 valence electrons. The van der Waals surface area contributed by atoms with Gasteiger partial charge in [0.15, 0.2) is 0 Å². The van der Waals surface area contributed by atoms with Gasteiger partial charge in [-0.25, -0.2) is 0 Å². The molecule has 0 aliphatic rings. The Balaban J connectivity index is 2.87. The van der Waals surface area contributed by atoms with Gasteiger partial charge in [-0.3, -0.25) is 4.09 Å². The van der Waals surface area contributed by atoms with Crippen LogP contribution in [0.2, 0.25) is 0 Å². The van der Waals surface area contributed by atoms with Gasteiger partial charge in [-0.1, -0.05) is 12.1 Å². The van der Waals surface area contributed by atoms with Gasteiger partial charge in [0, 0.05) is 23.4 Å². The molecule has 0 saturated carbocycles. The van der Waals surface area contributed by atoms with Gasteiger partial charge < -0.3 is 0 Å². The highest BCUT2D eigenvalue weighted by Crippen LogP contribution is 2.17. The van der Waals surface area contributed by atoms with Crippen LogP contribution >= 0.6 is 11.8 Å². The lowest BCUT2D eigenvalue weighted by Crippen LogP contribution is -1.76. The molecule has 0 spiro atoms. The summed E-state index contributed by atoms with van der Waals surface area (Å²) in [4.78, 5) is 0. The highest BCUT2D eigenvalue weighted by molar-refractivity contribution is 6.19.